The number of nitrogens with zero attached hydrogens (tertiary/aromatic N) is 1. The Labute approximate surface area is 161 Å². The number of hydrogen-bond donors (Lipinski definition) is 2. The highest BCUT2D eigenvalue weighted by Crippen LogP contribution is 2.34. The van der Waals surface area contributed by atoms with Gasteiger partial charge in [-0.25, -0.2) is 4.39 Å². The number of fused-ring (bicyclic) bond motifs is 1. The molecule has 1 heterocycles. The summed E-state index contributed by atoms with van der Waals surface area (Å²) in [5.41, 5.74) is 3.48. The van der Waals surface area contributed by atoms with E-state index in [0.29, 0.717) is 16.5 Å². The number of aromatic hydroxyl groups is 1. The molecule has 0 amide bonds. The Morgan fingerprint density at radius 2 is 1.61 bits per heavy atom. The number of halogens is 1. The van der Waals surface area contributed by atoms with Crippen LogP contribution in [0.15, 0.2) is 71.5 Å². The molecule has 0 aliphatic rings. The maximum absolute atomic E-state index is 13.6. The Kier molecular flexibility index (Phi) is 4.35. The van der Waals surface area contributed by atoms with Gasteiger partial charge in [-0.1, -0.05) is 30.3 Å². The molecule has 0 atom stereocenters. The van der Waals surface area contributed by atoms with Crippen molar-refractivity contribution in [3.8, 4) is 28.0 Å². The lowest BCUT2D eigenvalue weighted by Gasteiger charge is -2.13. The third kappa shape index (κ3) is 3.11. The predicted molar refractivity (Wildman–Crippen MR) is 111 cm³/mol. The van der Waals surface area contributed by atoms with Crippen LogP contribution in [0.25, 0.3) is 33.2 Å². The Bertz CT molecular complexity index is 1230. The molecule has 0 aliphatic carbocycles. The van der Waals surface area contributed by atoms with Crippen LogP contribution >= 0.6 is 0 Å². The highest BCUT2D eigenvalue weighted by atomic mass is 19.1. The molecule has 5 heteroatoms. The number of hydrogen-bond acceptors (Lipinski definition) is 3. The number of anilines is 1. The summed E-state index contributed by atoms with van der Waals surface area (Å²) in [5, 5.41) is 11.2. The van der Waals surface area contributed by atoms with Gasteiger partial charge in [0.2, 0.25) is 0 Å². The standard InChI is InChI=1S/C23H19FN2O2/c1-26(2)18-9-6-14(7-10-18)15-8-11-19-20(13-15)25-23(28)21(22(19)27)16-4-3-5-17(24)12-16/h3-13H,1-2H3,(H2,25,27,28). The fourth-order valence-corrected chi connectivity index (χ4v) is 3.32. The minimum Gasteiger partial charge on any atom is -0.506 e. The third-order valence-electron chi connectivity index (χ3n) is 4.82. The van der Waals surface area contributed by atoms with Crippen LogP contribution in [0.4, 0.5) is 10.1 Å². The first kappa shape index (κ1) is 17.8. The summed E-state index contributed by atoms with van der Waals surface area (Å²) < 4.78 is 13.6. The molecule has 3 aromatic carbocycles. The van der Waals surface area contributed by atoms with Crippen LogP contribution in [-0.4, -0.2) is 24.2 Å². The lowest BCUT2D eigenvalue weighted by molar-refractivity contribution is 0.482. The van der Waals surface area contributed by atoms with Gasteiger partial charge < -0.3 is 15.0 Å². The molecule has 0 saturated carbocycles. The Morgan fingerprint density at radius 1 is 0.893 bits per heavy atom. The number of H-pyrrole nitrogens is 1. The number of rotatable bonds is 3. The third-order valence-corrected chi connectivity index (χ3v) is 4.82. The zero-order valence-corrected chi connectivity index (χ0v) is 15.5. The Hall–Kier alpha value is -3.60. The molecule has 0 bridgehead atoms. The molecule has 1 aromatic heterocycles. The number of aromatic nitrogens is 1. The van der Waals surface area contributed by atoms with E-state index >= 15 is 0 Å². The predicted octanol–water partition coefficient (Wildman–Crippen LogP) is 4.77. The van der Waals surface area contributed by atoms with Crippen molar-refractivity contribution in [2.24, 2.45) is 0 Å². The lowest BCUT2D eigenvalue weighted by Crippen LogP contribution is -2.09. The average molecular weight is 374 g/mol. The molecule has 0 aliphatic heterocycles. The second kappa shape index (κ2) is 6.85. The molecule has 2 N–H and O–H groups in total. The number of nitrogens with one attached hydrogen (secondary N) is 1. The molecular weight excluding hydrogens is 355 g/mol. The van der Waals surface area contributed by atoms with E-state index in [1.807, 2.05) is 55.4 Å². The van der Waals surface area contributed by atoms with Crippen molar-refractivity contribution in [3.63, 3.8) is 0 Å². The van der Waals surface area contributed by atoms with Gasteiger partial charge in [-0.05, 0) is 53.1 Å². The topological polar surface area (TPSA) is 56.3 Å². The second-order valence-electron chi connectivity index (χ2n) is 6.89. The molecule has 4 rings (SSSR count). The van der Waals surface area contributed by atoms with Crippen LogP contribution < -0.4 is 10.5 Å². The zero-order chi connectivity index (χ0) is 19.8. The van der Waals surface area contributed by atoms with E-state index in [4.69, 9.17) is 0 Å². The molecule has 0 saturated heterocycles. The van der Waals surface area contributed by atoms with Crippen LogP contribution in [0.5, 0.6) is 5.75 Å². The minimum atomic E-state index is -0.465. The quantitative estimate of drug-likeness (QED) is 0.543. The minimum absolute atomic E-state index is 0.0649. The van der Waals surface area contributed by atoms with E-state index in [-0.39, 0.29) is 11.3 Å². The van der Waals surface area contributed by atoms with Gasteiger partial charge in [0.05, 0.1) is 11.1 Å². The number of aromatic amines is 1. The first-order chi connectivity index (χ1) is 13.4. The van der Waals surface area contributed by atoms with Crippen molar-refractivity contribution < 1.29 is 9.50 Å². The van der Waals surface area contributed by atoms with E-state index in [1.54, 1.807) is 12.1 Å². The fraction of sp³-hybridized carbons (Fsp3) is 0.0870. The summed E-state index contributed by atoms with van der Waals surface area (Å²) in [6.07, 6.45) is 0. The van der Waals surface area contributed by atoms with Crippen LogP contribution in [0.1, 0.15) is 0 Å². The molecule has 0 spiro atoms. The second-order valence-corrected chi connectivity index (χ2v) is 6.89. The normalized spacial score (nSPS) is 11.0. The maximum atomic E-state index is 13.6. The van der Waals surface area contributed by atoms with Gasteiger partial charge >= 0.3 is 0 Å². The van der Waals surface area contributed by atoms with Crippen LogP contribution in [-0.2, 0) is 0 Å². The summed E-state index contributed by atoms with van der Waals surface area (Å²) >= 11 is 0. The lowest BCUT2D eigenvalue weighted by atomic mass is 10.00. The molecule has 28 heavy (non-hydrogen) atoms. The van der Waals surface area contributed by atoms with Gasteiger partial charge in [0, 0.05) is 25.2 Å². The Morgan fingerprint density at radius 3 is 2.29 bits per heavy atom. The van der Waals surface area contributed by atoms with Crippen molar-refractivity contribution in [2.45, 2.75) is 0 Å². The molecule has 0 unspecified atom stereocenters. The highest BCUT2D eigenvalue weighted by molar-refractivity contribution is 5.94. The summed E-state index contributed by atoms with van der Waals surface area (Å²) in [6, 6.07) is 19.2. The average Bonchev–Trinajstić information content (AvgIpc) is 2.67. The summed E-state index contributed by atoms with van der Waals surface area (Å²) in [6.45, 7) is 0. The van der Waals surface area contributed by atoms with Crippen molar-refractivity contribution in [3.05, 3.63) is 82.9 Å². The van der Waals surface area contributed by atoms with E-state index in [9.17, 15) is 14.3 Å². The molecule has 4 aromatic rings. The van der Waals surface area contributed by atoms with Crippen LogP contribution in [0.2, 0.25) is 0 Å². The van der Waals surface area contributed by atoms with E-state index < -0.39 is 11.4 Å². The van der Waals surface area contributed by atoms with E-state index in [1.165, 1.54) is 18.2 Å². The zero-order valence-electron chi connectivity index (χ0n) is 15.5. The van der Waals surface area contributed by atoms with Gasteiger partial charge in [-0.2, -0.15) is 0 Å². The fourth-order valence-electron chi connectivity index (χ4n) is 3.32. The van der Waals surface area contributed by atoms with Gasteiger partial charge in [0.15, 0.2) is 0 Å². The summed E-state index contributed by atoms with van der Waals surface area (Å²) in [4.78, 5) is 17.4. The van der Waals surface area contributed by atoms with Gasteiger partial charge in [0.1, 0.15) is 11.6 Å². The smallest absolute Gasteiger partial charge is 0.260 e. The van der Waals surface area contributed by atoms with Gasteiger partial charge in [-0.3, -0.25) is 4.79 Å². The first-order valence-electron chi connectivity index (χ1n) is 8.87. The van der Waals surface area contributed by atoms with Crippen LogP contribution in [0, 0.1) is 5.82 Å². The van der Waals surface area contributed by atoms with E-state index in [0.717, 1.165) is 16.8 Å². The molecule has 0 radical (unpaired) electrons. The van der Waals surface area contributed by atoms with Crippen LogP contribution in [0.3, 0.4) is 0 Å². The molecular formula is C23H19FN2O2. The first-order valence-corrected chi connectivity index (χ1v) is 8.87. The molecule has 0 fully saturated rings. The van der Waals surface area contributed by atoms with Crippen molar-refractivity contribution >= 4 is 16.6 Å². The van der Waals surface area contributed by atoms with Gasteiger partial charge in [0.25, 0.3) is 5.56 Å². The molecule has 4 nitrogen and oxygen atoms in total. The number of pyridine rings is 1. The summed E-state index contributed by atoms with van der Waals surface area (Å²) in [5.74, 6) is -0.619. The Balaban J connectivity index is 1.83. The summed E-state index contributed by atoms with van der Waals surface area (Å²) in [7, 11) is 3.96. The largest absolute Gasteiger partial charge is 0.506 e. The number of benzene rings is 3. The van der Waals surface area contributed by atoms with Gasteiger partial charge in [-0.15, -0.1) is 0 Å². The monoisotopic (exact) mass is 374 g/mol. The van der Waals surface area contributed by atoms with Crippen molar-refractivity contribution in [2.75, 3.05) is 19.0 Å². The SMILES string of the molecule is CN(C)c1ccc(-c2ccc3c(O)c(-c4cccc(F)c4)c(=O)[nH]c3c2)cc1. The van der Waals surface area contributed by atoms with Crippen molar-refractivity contribution in [1.29, 1.82) is 0 Å². The van der Waals surface area contributed by atoms with Crippen molar-refractivity contribution in [1.82, 2.24) is 4.98 Å². The molecule has 140 valence electrons. The maximum Gasteiger partial charge on any atom is 0.260 e. The highest BCUT2D eigenvalue weighted by Gasteiger charge is 2.15. The van der Waals surface area contributed by atoms with E-state index in [2.05, 4.69) is 4.98 Å².